The summed E-state index contributed by atoms with van der Waals surface area (Å²) in [7, 11) is 0. The summed E-state index contributed by atoms with van der Waals surface area (Å²) in [5.41, 5.74) is 9.51. The lowest BCUT2D eigenvalue weighted by Gasteiger charge is -2.21. The molecule has 0 radical (unpaired) electrons. The highest BCUT2D eigenvalue weighted by Gasteiger charge is 2.16. The van der Waals surface area contributed by atoms with E-state index in [0.29, 0.717) is 6.42 Å². The smallest absolute Gasteiger partial charge is 0.222 e. The fraction of sp³-hybridized carbons (Fsp3) is 0.381. The minimum Gasteiger partial charge on any atom is -0.372 e. The van der Waals surface area contributed by atoms with Crippen molar-refractivity contribution in [1.29, 1.82) is 0 Å². The van der Waals surface area contributed by atoms with Crippen molar-refractivity contribution in [3.63, 3.8) is 0 Å². The zero-order valence-electron chi connectivity index (χ0n) is 14.8. The van der Waals surface area contributed by atoms with Crippen molar-refractivity contribution in [3.05, 3.63) is 65.7 Å². The molecule has 3 N–H and O–H groups in total. The van der Waals surface area contributed by atoms with E-state index in [1.807, 2.05) is 37.3 Å². The van der Waals surface area contributed by atoms with Gasteiger partial charge in [0.1, 0.15) is 0 Å². The summed E-state index contributed by atoms with van der Waals surface area (Å²) in [6.45, 7) is 4.27. The first kappa shape index (κ1) is 17.5. The number of carbonyl (C=O) groups excluding carboxylic acids is 1. The van der Waals surface area contributed by atoms with Crippen molar-refractivity contribution in [2.24, 2.45) is 5.73 Å². The zero-order chi connectivity index (χ0) is 17.6. The van der Waals surface area contributed by atoms with E-state index in [-0.39, 0.29) is 18.0 Å². The molecule has 2 aromatic rings. The number of anilines is 1. The average Bonchev–Trinajstić information content (AvgIpc) is 3.17. The number of hydrogen-bond acceptors (Lipinski definition) is 3. The molecule has 0 saturated carbocycles. The first-order chi connectivity index (χ1) is 12.1. The Morgan fingerprint density at radius 1 is 1.08 bits per heavy atom. The van der Waals surface area contributed by atoms with Gasteiger partial charge in [-0.1, -0.05) is 42.5 Å². The van der Waals surface area contributed by atoms with Crippen molar-refractivity contribution in [3.8, 4) is 0 Å². The van der Waals surface area contributed by atoms with Crippen molar-refractivity contribution >= 4 is 11.6 Å². The molecule has 132 valence electrons. The van der Waals surface area contributed by atoms with Gasteiger partial charge in [0, 0.05) is 31.2 Å². The fourth-order valence-corrected chi connectivity index (χ4v) is 3.37. The van der Waals surface area contributed by atoms with Crippen LogP contribution in [-0.4, -0.2) is 19.0 Å². The van der Waals surface area contributed by atoms with Gasteiger partial charge in [-0.05, 0) is 43.0 Å². The van der Waals surface area contributed by atoms with Gasteiger partial charge in [0.2, 0.25) is 5.91 Å². The lowest BCUT2D eigenvalue weighted by atomic mass is 10.0. The number of hydrogen-bond donors (Lipinski definition) is 2. The predicted octanol–water partition coefficient (Wildman–Crippen LogP) is 3.55. The Hall–Kier alpha value is -2.33. The maximum absolute atomic E-state index is 12.4. The molecule has 3 rings (SSSR count). The second-order valence-corrected chi connectivity index (χ2v) is 6.80. The molecule has 0 spiro atoms. The summed E-state index contributed by atoms with van der Waals surface area (Å²) >= 11 is 0. The van der Waals surface area contributed by atoms with Gasteiger partial charge >= 0.3 is 0 Å². The van der Waals surface area contributed by atoms with E-state index < -0.39 is 0 Å². The minimum absolute atomic E-state index is 0.0181. The molecular weight excluding hydrogens is 310 g/mol. The molecule has 4 heteroatoms. The molecule has 25 heavy (non-hydrogen) atoms. The summed E-state index contributed by atoms with van der Waals surface area (Å²) in [5.74, 6) is -0.0181. The summed E-state index contributed by atoms with van der Waals surface area (Å²) in [5, 5.41) is 3.08. The lowest BCUT2D eigenvalue weighted by molar-refractivity contribution is -0.122. The van der Waals surface area contributed by atoms with Crippen LogP contribution in [0.4, 0.5) is 5.69 Å². The minimum atomic E-state index is -0.274. The highest BCUT2D eigenvalue weighted by Crippen LogP contribution is 2.24. The molecule has 1 heterocycles. The molecule has 1 saturated heterocycles. The molecule has 1 aliphatic heterocycles. The van der Waals surface area contributed by atoms with Crippen LogP contribution < -0.4 is 16.0 Å². The van der Waals surface area contributed by atoms with Crippen molar-refractivity contribution in [2.45, 2.75) is 38.3 Å². The maximum Gasteiger partial charge on any atom is 0.222 e. The Morgan fingerprint density at radius 3 is 2.48 bits per heavy atom. The third-order valence-corrected chi connectivity index (χ3v) is 4.85. The number of nitrogens with two attached hydrogens (primary N) is 1. The van der Waals surface area contributed by atoms with Gasteiger partial charge in [0.25, 0.3) is 0 Å². The number of benzene rings is 2. The summed E-state index contributed by atoms with van der Waals surface area (Å²) in [6, 6.07) is 17.9. The van der Waals surface area contributed by atoms with Crippen LogP contribution >= 0.6 is 0 Å². The van der Waals surface area contributed by atoms with Crippen LogP contribution in [0.1, 0.15) is 49.4 Å². The monoisotopic (exact) mass is 337 g/mol. The molecule has 1 amide bonds. The van der Waals surface area contributed by atoms with Gasteiger partial charge in [-0.15, -0.1) is 0 Å². The Bertz CT molecular complexity index is 695. The number of amides is 1. The van der Waals surface area contributed by atoms with E-state index in [0.717, 1.165) is 24.2 Å². The van der Waals surface area contributed by atoms with Crippen LogP contribution in [0, 0.1) is 0 Å². The molecule has 0 bridgehead atoms. The van der Waals surface area contributed by atoms with E-state index in [1.54, 1.807) is 0 Å². The van der Waals surface area contributed by atoms with E-state index in [9.17, 15) is 4.79 Å². The average molecular weight is 337 g/mol. The number of nitrogens with one attached hydrogen (secondary N) is 1. The van der Waals surface area contributed by atoms with Crippen molar-refractivity contribution < 1.29 is 4.79 Å². The Morgan fingerprint density at radius 2 is 1.76 bits per heavy atom. The second-order valence-electron chi connectivity index (χ2n) is 6.80. The number of carbonyl (C=O) groups is 1. The highest BCUT2D eigenvalue weighted by molar-refractivity contribution is 5.77. The maximum atomic E-state index is 12.4. The largest absolute Gasteiger partial charge is 0.372 e. The third kappa shape index (κ3) is 4.60. The summed E-state index contributed by atoms with van der Waals surface area (Å²) in [6.07, 6.45) is 2.81. The summed E-state index contributed by atoms with van der Waals surface area (Å²) < 4.78 is 0. The van der Waals surface area contributed by atoms with Gasteiger partial charge in [-0.3, -0.25) is 4.79 Å². The van der Waals surface area contributed by atoms with Crippen LogP contribution in [0.25, 0.3) is 0 Å². The third-order valence-electron chi connectivity index (χ3n) is 4.85. The number of rotatable bonds is 6. The quantitative estimate of drug-likeness (QED) is 0.847. The zero-order valence-corrected chi connectivity index (χ0v) is 14.8. The van der Waals surface area contributed by atoms with E-state index >= 15 is 0 Å². The lowest BCUT2D eigenvalue weighted by Crippen LogP contribution is -2.30. The molecule has 4 nitrogen and oxygen atoms in total. The molecule has 2 atom stereocenters. The van der Waals surface area contributed by atoms with Crippen LogP contribution in [-0.2, 0) is 4.79 Å². The molecule has 0 aliphatic carbocycles. The molecule has 0 aromatic heterocycles. The Labute approximate surface area is 150 Å². The first-order valence-electron chi connectivity index (χ1n) is 9.08. The van der Waals surface area contributed by atoms with E-state index in [4.69, 9.17) is 5.73 Å². The molecule has 2 aromatic carbocycles. The topological polar surface area (TPSA) is 58.4 Å². The second kappa shape index (κ2) is 8.17. The first-order valence-corrected chi connectivity index (χ1v) is 9.08. The normalized spacial score (nSPS) is 16.5. The van der Waals surface area contributed by atoms with E-state index in [1.165, 1.54) is 18.5 Å². The standard InChI is InChI=1S/C21H27N3O/c1-16(18-10-7-11-19(14-18)24-12-5-6-13-24)23-21(25)15-20(22)17-8-3-2-4-9-17/h2-4,7-11,14,16,20H,5-6,12-13,15,22H2,1H3,(H,23,25). The fourth-order valence-electron chi connectivity index (χ4n) is 3.37. The Balaban J connectivity index is 1.59. The van der Waals surface area contributed by atoms with Gasteiger partial charge in [-0.25, -0.2) is 0 Å². The van der Waals surface area contributed by atoms with Crippen LogP contribution in [0.2, 0.25) is 0 Å². The molecule has 1 aliphatic rings. The van der Waals surface area contributed by atoms with E-state index in [2.05, 4.69) is 34.5 Å². The van der Waals surface area contributed by atoms with Gasteiger partial charge in [0.15, 0.2) is 0 Å². The van der Waals surface area contributed by atoms with Crippen molar-refractivity contribution in [2.75, 3.05) is 18.0 Å². The van der Waals surface area contributed by atoms with Crippen LogP contribution in [0.5, 0.6) is 0 Å². The van der Waals surface area contributed by atoms with Crippen LogP contribution in [0.3, 0.4) is 0 Å². The highest BCUT2D eigenvalue weighted by atomic mass is 16.1. The number of nitrogens with zero attached hydrogens (tertiary/aromatic N) is 1. The SMILES string of the molecule is CC(NC(=O)CC(N)c1ccccc1)c1cccc(N2CCCC2)c1. The van der Waals surface area contributed by atoms with Crippen LogP contribution in [0.15, 0.2) is 54.6 Å². The van der Waals surface area contributed by atoms with Gasteiger partial charge in [-0.2, -0.15) is 0 Å². The summed E-state index contributed by atoms with van der Waals surface area (Å²) in [4.78, 5) is 14.8. The molecule has 2 unspecified atom stereocenters. The van der Waals surface area contributed by atoms with Gasteiger partial charge in [0.05, 0.1) is 6.04 Å². The van der Waals surface area contributed by atoms with Crippen molar-refractivity contribution in [1.82, 2.24) is 5.32 Å². The molecule has 1 fully saturated rings. The van der Waals surface area contributed by atoms with Gasteiger partial charge < -0.3 is 16.0 Å². The molecular formula is C21H27N3O. The Kier molecular flexibility index (Phi) is 5.71. The predicted molar refractivity (Wildman–Crippen MR) is 102 cm³/mol.